The van der Waals surface area contributed by atoms with Gasteiger partial charge in [0.05, 0.1) is 5.54 Å². The predicted octanol–water partition coefficient (Wildman–Crippen LogP) is 0.0555. The molecule has 2 aliphatic heterocycles. The standard InChI is InChI=1S/C7H11NO2/c9-6-5-7(8-6)1-3-10-4-2-7/h1-5H2,(H,8,9). The molecule has 1 spiro atoms. The fourth-order valence-electron chi connectivity index (χ4n) is 1.65. The van der Waals surface area contributed by atoms with Crippen molar-refractivity contribution in [3.63, 3.8) is 0 Å². The number of hydrogen-bond donors (Lipinski definition) is 1. The Kier molecular flexibility index (Phi) is 1.20. The van der Waals surface area contributed by atoms with Crippen molar-refractivity contribution in [1.29, 1.82) is 0 Å². The van der Waals surface area contributed by atoms with E-state index in [1.165, 1.54) is 0 Å². The van der Waals surface area contributed by atoms with Crippen molar-refractivity contribution in [2.24, 2.45) is 0 Å². The smallest absolute Gasteiger partial charge is 0.222 e. The van der Waals surface area contributed by atoms with E-state index in [2.05, 4.69) is 5.32 Å². The molecule has 10 heavy (non-hydrogen) atoms. The molecule has 2 fully saturated rings. The van der Waals surface area contributed by atoms with Crippen LogP contribution in [0.1, 0.15) is 19.3 Å². The normalized spacial score (nSPS) is 29.4. The summed E-state index contributed by atoms with van der Waals surface area (Å²) in [6.07, 6.45) is 2.72. The second-order valence-corrected chi connectivity index (χ2v) is 3.12. The summed E-state index contributed by atoms with van der Waals surface area (Å²) in [4.78, 5) is 10.6. The number of nitrogens with one attached hydrogen (secondary N) is 1. The molecule has 0 aromatic heterocycles. The van der Waals surface area contributed by atoms with Gasteiger partial charge in [-0.3, -0.25) is 4.79 Å². The van der Waals surface area contributed by atoms with Crippen LogP contribution in [0, 0.1) is 0 Å². The monoisotopic (exact) mass is 141 g/mol. The van der Waals surface area contributed by atoms with E-state index in [1.54, 1.807) is 0 Å². The lowest BCUT2D eigenvalue weighted by atomic mass is 9.80. The van der Waals surface area contributed by atoms with Gasteiger partial charge in [0.1, 0.15) is 0 Å². The Labute approximate surface area is 59.7 Å². The van der Waals surface area contributed by atoms with E-state index in [1.807, 2.05) is 0 Å². The van der Waals surface area contributed by atoms with E-state index in [0.29, 0.717) is 0 Å². The van der Waals surface area contributed by atoms with Gasteiger partial charge in [-0.25, -0.2) is 0 Å². The van der Waals surface area contributed by atoms with Crippen LogP contribution in [0.25, 0.3) is 0 Å². The summed E-state index contributed by atoms with van der Waals surface area (Å²) in [6.45, 7) is 1.61. The Bertz CT molecular complexity index is 151. The topological polar surface area (TPSA) is 38.3 Å². The summed E-state index contributed by atoms with van der Waals surface area (Å²) in [5.41, 5.74) is 0.148. The van der Waals surface area contributed by atoms with Crippen molar-refractivity contribution in [3.05, 3.63) is 0 Å². The van der Waals surface area contributed by atoms with Crippen LogP contribution in [0.15, 0.2) is 0 Å². The summed E-state index contributed by atoms with van der Waals surface area (Å²) in [5, 5.41) is 2.94. The molecule has 2 rings (SSSR count). The van der Waals surface area contributed by atoms with E-state index in [9.17, 15) is 4.79 Å². The first kappa shape index (κ1) is 6.16. The molecule has 2 saturated heterocycles. The minimum atomic E-state index is 0.148. The summed E-state index contributed by atoms with van der Waals surface area (Å²) in [6, 6.07) is 0. The molecule has 3 nitrogen and oxygen atoms in total. The number of hydrogen-bond acceptors (Lipinski definition) is 2. The molecular weight excluding hydrogens is 130 g/mol. The molecule has 0 aromatic rings. The van der Waals surface area contributed by atoms with Gasteiger partial charge in [-0.1, -0.05) is 0 Å². The zero-order valence-corrected chi connectivity index (χ0v) is 5.85. The lowest BCUT2D eigenvalue weighted by molar-refractivity contribution is -0.136. The minimum Gasteiger partial charge on any atom is -0.381 e. The zero-order valence-electron chi connectivity index (χ0n) is 5.85. The average molecular weight is 141 g/mol. The number of rotatable bonds is 0. The van der Waals surface area contributed by atoms with Gasteiger partial charge in [-0.2, -0.15) is 0 Å². The molecule has 0 aliphatic carbocycles. The van der Waals surface area contributed by atoms with Gasteiger partial charge in [0.25, 0.3) is 0 Å². The molecule has 1 amide bonds. The number of carbonyl (C=O) groups is 1. The summed E-state index contributed by atoms with van der Waals surface area (Å²) < 4.78 is 5.18. The molecule has 2 heterocycles. The number of β-lactam (4-membered cyclic amide) rings is 1. The Morgan fingerprint density at radius 3 is 2.50 bits per heavy atom. The highest BCUT2D eigenvalue weighted by atomic mass is 16.5. The molecule has 3 heteroatoms. The number of amides is 1. The maximum absolute atomic E-state index is 10.6. The van der Waals surface area contributed by atoms with Gasteiger partial charge in [0.2, 0.25) is 5.91 Å². The van der Waals surface area contributed by atoms with Crippen LogP contribution in [0.5, 0.6) is 0 Å². The first-order valence-corrected chi connectivity index (χ1v) is 3.70. The van der Waals surface area contributed by atoms with Crippen molar-refractivity contribution in [3.8, 4) is 0 Å². The highest BCUT2D eigenvalue weighted by Crippen LogP contribution is 2.30. The van der Waals surface area contributed by atoms with Crippen LogP contribution in [0.3, 0.4) is 0 Å². The second kappa shape index (κ2) is 1.95. The highest BCUT2D eigenvalue weighted by Gasteiger charge is 2.43. The molecule has 0 aromatic carbocycles. The van der Waals surface area contributed by atoms with E-state index < -0.39 is 0 Å². The Morgan fingerprint density at radius 2 is 2.00 bits per heavy atom. The lowest BCUT2D eigenvalue weighted by Crippen LogP contribution is -2.63. The second-order valence-electron chi connectivity index (χ2n) is 3.12. The van der Waals surface area contributed by atoms with Crippen molar-refractivity contribution in [1.82, 2.24) is 5.32 Å². The third-order valence-electron chi connectivity index (χ3n) is 2.35. The van der Waals surface area contributed by atoms with Gasteiger partial charge >= 0.3 is 0 Å². The maximum atomic E-state index is 10.6. The van der Waals surface area contributed by atoms with Crippen LogP contribution in [0.2, 0.25) is 0 Å². The highest BCUT2D eigenvalue weighted by molar-refractivity contribution is 5.84. The van der Waals surface area contributed by atoms with Crippen molar-refractivity contribution in [2.75, 3.05) is 13.2 Å². The van der Waals surface area contributed by atoms with Gasteiger partial charge < -0.3 is 10.1 Å². The van der Waals surface area contributed by atoms with Gasteiger partial charge in [0.15, 0.2) is 0 Å². The van der Waals surface area contributed by atoms with Crippen LogP contribution in [0.4, 0.5) is 0 Å². The first-order chi connectivity index (χ1) is 4.81. The third kappa shape index (κ3) is 0.814. The van der Waals surface area contributed by atoms with Crippen molar-refractivity contribution >= 4 is 5.91 Å². The molecular formula is C7H11NO2. The molecule has 0 atom stereocenters. The average Bonchev–Trinajstić information content (AvgIpc) is 1.87. The lowest BCUT2D eigenvalue weighted by Gasteiger charge is -2.44. The van der Waals surface area contributed by atoms with Crippen molar-refractivity contribution < 1.29 is 9.53 Å². The largest absolute Gasteiger partial charge is 0.381 e. The van der Waals surface area contributed by atoms with Crippen LogP contribution in [-0.4, -0.2) is 24.7 Å². The molecule has 2 aliphatic rings. The quantitative estimate of drug-likeness (QED) is 0.484. The number of ether oxygens (including phenoxy) is 1. The summed E-state index contributed by atoms with van der Waals surface area (Å²) in [5.74, 6) is 0.196. The summed E-state index contributed by atoms with van der Waals surface area (Å²) in [7, 11) is 0. The van der Waals surface area contributed by atoms with Crippen molar-refractivity contribution in [2.45, 2.75) is 24.8 Å². The van der Waals surface area contributed by atoms with Crippen LogP contribution < -0.4 is 5.32 Å². The van der Waals surface area contributed by atoms with Gasteiger partial charge in [0, 0.05) is 19.6 Å². The van der Waals surface area contributed by atoms with E-state index in [-0.39, 0.29) is 11.4 Å². The fraction of sp³-hybridized carbons (Fsp3) is 0.857. The molecule has 0 radical (unpaired) electrons. The van der Waals surface area contributed by atoms with E-state index >= 15 is 0 Å². The Hall–Kier alpha value is -0.570. The minimum absolute atomic E-state index is 0.148. The SMILES string of the molecule is O=C1CC2(CCOCC2)N1. The van der Waals surface area contributed by atoms with Crippen LogP contribution in [-0.2, 0) is 9.53 Å². The zero-order chi connectivity index (χ0) is 7.03. The Morgan fingerprint density at radius 1 is 1.40 bits per heavy atom. The molecule has 0 unspecified atom stereocenters. The molecule has 0 saturated carbocycles. The first-order valence-electron chi connectivity index (χ1n) is 3.70. The Balaban J connectivity index is 1.96. The number of carbonyl (C=O) groups excluding carboxylic acids is 1. The molecule has 1 N–H and O–H groups in total. The molecule has 0 bridgehead atoms. The van der Waals surface area contributed by atoms with Gasteiger partial charge in [-0.15, -0.1) is 0 Å². The predicted molar refractivity (Wildman–Crippen MR) is 35.5 cm³/mol. The van der Waals surface area contributed by atoms with Crippen LogP contribution >= 0.6 is 0 Å². The third-order valence-corrected chi connectivity index (χ3v) is 2.35. The van der Waals surface area contributed by atoms with Gasteiger partial charge in [-0.05, 0) is 12.8 Å². The fourth-order valence-corrected chi connectivity index (χ4v) is 1.65. The maximum Gasteiger partial charge on any atom is 0.222 e. The summed E-state index contributed by atoms with van der Waals surface area (Å²) >= 11 is 0. The van der Waals surface area contributed by atoms with E-state index in [0.717, 1.165) is 32.5 Å². The molecule has 56 valence electrons. The van der Waals surface area contributed by atoms with E-state index in [4.69, 9.17) is 4.74 Å².